The average Bonchev–Trinajstić information content (AvgIpc) is 3.36. The first-order chi connectivity index (χ1) is 15.3. The van der Waals surface area contributed by atoms with Crippen LogP contribution < -0.4 is 0 Å². The molecule has 2 aliphatic rings. The fraction of sp³-hybridized carbons (Fsp3) is 0.750. The van der Waals surface area contributed by atoms with Gasteiger partial charge in [0.2, 0.25) is 5.91 Å². The van der Waals surface area contributed by atoms with E-state index in [0.29, 0.717) is 25.1 Å². The zero-order valence-corrected chi connectivity index (χ0v) is 21.1. The summed E-state index contributed by atoms with van der Waals surface area (Å²) in [5.41, 5.74) is 0. The summed E-state index contributed by atoms with van der Waals surface area (Å²) in [4.78, 5) is 56.6. The highest BCUT2D eigenvalue weighted by Crippen LogP contribution is 2.31. The van der Waals surface area contributed by atoms with Crippen molar-refractivity contribution in [1.29, 1.82) is 0 Å². The summed E-state index contributed by atoms with van der Waals surface area (Å²) in [6.07, 6.45) is 1.18. The molecule has 1 saturated heterocycles. The Balaban J connectivity index is 2.30. The molecule has 2 aliphatic heterocycles. The largest absolute Gasteiger partial charge is 0.499 e. The van der Waals surface area contributed by atoms with E-state index >= 15 is 0 Å². The Labute approximate surface area is 196 Å². The number of imide groups is 1. The first kappa shape index (κ1) is 26.8. The molecule has 186 valence electrons. The second-order valence-corrected chi connectivity index (χ2v) is 10.0. The van der Waals surface area contributed by atoms with Gasteiger partial charge in [-0.05, 0) is 30.6 Å². The minimum Gasteiger partial charge on any atom is -0.499 e. The van der Waals surface area contributed by atoms with Gasteiger partial charge >= 0.3 is 0 Å². The van der Waals surface area contributed by atoms with Crippen LogP contribution in [0.15, 0.2) is 11.8 Å². The lowest BCUT2D eigenvalue weighted by Gasteiger charge is -2.37. The van der Waals surface area contributed by atoms with Crippen molar-refractivity contribution in [3.05, 3.63) is 11.8 Å². The summed E-state index contributed by atoms with van der Waals surface area (Å²) in [5, 5.41) is 10.3. The van der Waals surface area contributed by atoms with E-state index in [0.717, 1.165) is 0 Å². The average molecular weight is 466 g/mol. The zero-order valence-electron chi connectivity index (χ0n) is 21.1. The summed E-state index contributed by atoms with van der Waals surface area (Å²) in [6, 6.07) is -2.13. The molecule has 9 nitrogen and oxygen atoms in total. The summed E-state index contributed by atoms with van der Waals surface area (Å²) >= 11 is 0. The van der Waals surface area contributed by atoms with Crippen molar-refractivity contribution in [3.63, 3.8) is 0 Å². The van der Waals surface area contributed by atoms with Gasteiger partial charge in [-0.15, -0.1) is 0 Å². The van der Waals surface area contributed by atoms with E-state index in [9.17, 15) is 24.3 Å². The SMILES string of the molecule is COC1=CC(=O)N(C(=O)C2CCCN2C(=O)C(C(C)C)N(C)C(=O)C(O)C(C)C)C1C(C)C. The first-order valence-corrected chi connectivity index (χ1v) is 11.7. The lowest BCUT2D eigenvalue weighted by molar-refractivity contribution is -0.156. The van der Waals surface area contributed by atoms with Crippen LogP contribution in [0.25, 0.3) is 0 Å². The molecule has 0 bridgehead atoms. The van der Waals surface area contributed by atoms with Crippen LogP contribution in [-0.2, 0) is 23.9 Å². The van der Waals surface area contributed by atoms with Crippen molar-refractivity contribution in [3.8, 4) is 0 Å². The Kier molecular flexibility index (Phi) is 8.68. The molecule has 1 fully saturated rings. The lowest BCUT2D eigenvalue weighted by Crippen LogP contribution is -2.58. The molecular weight excluding hydrogens is 426 g/mol. The second kappa shape index (κ2) is 10.7. The van der Waals surface area contributed by atoms with Crippen LogP contribution >= 0.6 is 0 Å². The molecule has 0 spiro atoms. The minimum atomic E-state index is -1.22. The molecule has 33 heavy (non-hydrogen) atoms. The van der Waals surface area contributed by atoms with Gasteiger partial charge in [0.05, 0.1) is 13.2 Å². The fourth-order valence-corrected chi connectivity index (χ4v) is 4.74. The van der Waals surface area contributed by atoms with E-state index in [1.165, 1.54) is 34.9 Å². The lowest BCUT2D eigenvalue weighted by atomic mass is 9.98. The van der Waals surface area contributed by atoms with Crippen LogP contribution in [0.3, 0.4) is 0 Å². The summed E-state index contributed by atoms with van der Waals surface area (Å²) < 4.78 is 5.34. The normalized spacial score (nSPS) is 22.8. The van der Waals surface area contributed by atoms with Gasteiger partial charge in [-0.25, -0.2) is 0 Å². The van der Waals surface area contributed by atoms with Gasteiger partial charge in [0, 0.05) is 19.7 Å². The van der Waals surface area contributed by atoms with Crippen LogP contribution in [0, 0.1) is 17.8 Å². The van der Waals surface area contributed by atoms with E-state index in [4.69, 9.17) is 4.74 Å². The highest BCUT2D eigenvalue weighted by molar-refractivity contribution is 6.07. The Morgan fingerprint density at radius 3 is 2.21 bits per heavy atom. The van der Waals surface area contributed by atoms with Gasteiger partial charge in [-0.2, -0.15) is 0 Å². The quantitative estimate of drug-likeness (QED) is 0.543. The van der Waals surface area contributed by atoms with Crippen LogP contribution in [0.5, 0.6) is 0 Å². The van der Waals surface area contributed by atoms with Crippen molar-refractivity contribution >= 4 is 23.6 Å². The second-order valence-electron chi connectivity index (χ2n) is 10.0. The molecule has 0 saturated carbocycles. The van der Waals surface area contributed by atoms with E-state index in [-0.39, 0.29) is 23.7 Å². The molecule has 0 aromatic rings. The third-order valence-corrected chi connectivity index (χ3v) is 6.53. The number of carbonyl (C=O) groups excluding carboxylic acids is 4. The van der Waals surface area contributed by atoms with Gasteiger partial charge < -0.3 is 19.6 Å². The van der Waals surface area contributed by atoms with E-state index in [1.54, 1.807) is 13.8 Å². The maximum Gasteiger partial charge on any atom is 0.257 e. The number of aliphatic hydroxyl groups is 1. The molecule has 9 heteroatoms. The molecule has 0 aliphatic carbocycles. The molecule has 4 atom stereocenters. The maximum atomic E-state index is 13.6. The number of likely N-dealkylation sites (N-methyl/N-ethyl adjacent to an activating group) is 1. The number of methoxy groups -OCH3 is 1. The summed E-state index contributed by atoms with van der Waals surface area (Å²) in [7, 11) is 2.98. The van der Waals surface area contributed by atoms with E-state index in [1.807, 2.05) is 27.7 Å². The van der Waals surface area contributed by atoms with Crippen molar-refractivity contribution in [2.45, 2.75) is 78.6 Å². The van der Waals surface area contributed by atoms with Gasteiger partial charge in [-0.3, -0.25) is 24.1 Å². The van der Waals surface area contributed by atoms with Crippen molar-refractivity contribution in [1.82, 2.24) is 14.7 Å². The first-order valence-electron chi connectivity index (χ1n) is 11.7. The zero-order chi connectivity index (χ0) is 25.2. The number of aliphatic hydroxyl groups excluding tert-OH is 1. The molecule has 0 aromatic heterocycles. The number of hydrogen-bond acceptors (Lipinski definition) is 6. The maximum absolute atomic E-state index is 13.6. The van der Waals surface area contributed by atoms with Gasteiger partial charge in [0.15, 0.2) is 0 Å². The van der Waals surface area contributed by atoms with Crippen molar-refractivity contribution in [2.24, 2.45) is 17.8 Å². The van der Waals surface area contributed by atoms with Crippen LogP contribution in [0.4, 0.5) is 0 Å². The minimum absolute atomic E-state index is 0.0538. The van der Waals surface area contributed by atoms with Gasteiger partial charge in [0.25, 0.3) is 17.7 Å². The molecule has 2 heterocycles. The topological polar surface area (TPSA) is 107 Å². The molecular formula is C24H39N3O6. The number of carbonyl (C=O) groups is 4. The van der Waals surface area contributed by atoms with E-state index in [2.05, 4.69) is 0 Å². The Morgan fingerprint density at radius 1 is 1.12 bits per heavy atom. The molecule has 4 amide bonds. The predicted molar refractivity (Wildman–Crippen MR) is 123 cm³/mol. The number of amides is 4. The van der Waals surface area contributed by atoms with Crippen LogP contribution in [-0.4, -0.2) is 88.4 Å². The Bertz CT molecular complexity index is 806. The number of rotatable bonds is 8. The smallest absolute Gasteiger partial charge is 0.257 e. The van der Waals surface area contributed by atoms with Crippen LogP contribution in [0.1, 0.15) is 54.4 Å². The van der Waals surface area contributed by atoms with E-state index < -0.39 is 42.0 Å². The van der Waals surface area contributed by atoms with Gasteiger partial charge in [0.1, 0.15) is 23.9 Å². The highest BCUT2D eigenvalue weighted by Gasteiger charge is 2.47. The third-order valence-electron chi connectivity index (χ3n) is 6.53. The molecule has 4 unspecified atom stereocenters. The monoisotopic (exact) mass is 465 g/mol. The third kappa shape index (κ3) is 5.23. The van der Waals surface area contributed by atoms with Gasteiger partial charge in [-0.1, -0.05) is 41.5 Å². The van der Waals surface area contributed by atoms with Crippen molar-refractivity contribution in [2.75, 3.05) is 20.7 Å². The highest BCUT2D eigenvalue weighted by atomic mass is 16.5. The fourth-order valence-electron chi connectivity index (χ4n) is 4.74. The molecule has 0 aromatic carbocycles. The molecule has 1 N–H and O–H groups in total. The predicted octanol–water partition coefficient (Wildman–Crippen LogP) is 1.40. The number of hydrogen-bond donors (Lipinski definition) is 1. The molecule has 2 rings (SSSR count). The Hall–Kier alpha value is -2.42. The molecule has 0 radical (unpaired) electrons. The number of likely N-dealkylation sites (tertiary alicyclic amines) is 1. The summed E-state index contributed by atoms with van der Waals surface area (Å²) in [5.74, 6) is -1.88. The summed E-state index contributed by atoms with van der Waals surface area (Å²) in [6.45, 7) is 11.3. The Morgan fingerprint density at radius 2 is 1.73 bits per heavy atom. The number of nitrogens with zero attached hydrogens (tertiary/aromatic N) is 3. The van der Waals surface area contributed by atoms with Crippen molar-refractivity contribution < 1.29 is 29.0 Å². The number of ether oxygens (including phenoxy) is 1. The van der Waals surface area contributed by atoms with Crippen LogP contribution in [0.2, 0.25) is 0 Å². The standard InChI is InChI=1S/C24H39N3O6/c1-13(2)19-17(33-8)12-18(28)27(19)22(30)16-10-9-11-26(16)23(31)20(14(3)4)25(7)24(32)21(29)15(5)6/h12-16,19-21,29H,9-11H2,1-8H3.